The molecule has 19 heavy (non-hydrogen) atoms. The van der Waals surface area contributed by atoms with Crippen molar-refractivity contribution in [1.82, 2.24) is 0 Å². The van der Waals surface area contributed by atoms with Gasteiger partial charge in [0.05, 0.1) is 12.7 Å². The van der Waals surface area contributed by atoms with Gasteiger partial charge in [-0.3, -0.25) is 0 Å². The first kappa shape index (κ1) is 15.3. The number of benzene rings is 1. The molecule has 0 bridgehead atoms. The highest BCUT2D eigenvalue weighted by molar-refractivity contribution is 5.92. The van der Waals surface area contributed by atoms with Crippen molar-refractivity contribution < 1.29 is 23.8 Å². The topological polar surface area (TPSA) is 55.8 Å². The number of halogens is 1. The fraction of sp³-hybridized carbons (Fsp3) is 0.500. The van der Waals surface area contributed by atoms with Gasteiger partial charge in [-0.15, -0.1) is 0 Å². The summed E-state index contributed by atoms with van der Waals surface area (Å²) in [5, 5.41) is 9.10. The van der Waals surface area contributed by atoms with Gasteiger partial charge in [-0.05, 0) is 25.8 Å². The second-order valence-electron chi connectivity index (χ2n) is 4.96. The number of carbonyl (C=O) groups is 1. The van der Waals surface area contributed by atoms with E-state index in [4.69, 9.17) is 14.6 Å². The molecule has 0 unspecified atom stereocenters. The largest absolute Gasteiger partial charge is 0.489 e. The number of ether oxygens (including phenoxy) is 2. The van der Waals surface area contributed by atoms with E-state index >= 15 is 0 Å². The molecule has 5 heteroatoms. The molecule has 1 rings (SSSR count). The summed E-state index contributed by atoms with van der Waals surface area (Å²) in [5.74, 6) is -1.47. The number of hydrogen-bond acceptors (Lipinski definition) is 3. The third-order valence-corrected chi connectivity index (χ3v) is 2.18. The van der Waals surface area contributed by atoms with Gasteiger partial charge in [0.2, 0.25) is 0 Å². The minimum atomic E-state index is -1.25. The Labute approximate surface area is 112 Å². The van der Waals surface area contributed by atoms with Gasteiger partial charge in [0, 0.05) is 6.07 Å². The molecule has 0 aliphatic rings. The van der Waals surface area contributed by atoms with Crippen LogP contribution in [-0.2, 0) is 0 Å². The van der Waals surface area contributed by atoms with E-state index in [9.17, 15) is 9.18 Å². The van der Waals surface area contributed by atoms with Gasteiger partial charge in [-0.1, -0.05) is 13.8 Å². The van der Waals surface area contributed by atoms with Crippen LogP contribution in [0.5, 0.6) is 11.5 Å². The molecule has 0 aromatic heterocycles. The second kappa shape index (κ2) is 6.41. The standard InChI is InChI=1S/C14H19FO4/c1-8(2)7-18-12-6-10(15)5-11(14(16)17)13(12)19-9(3)4/h5-6,8-9H,7H2,1-4H3,(H,16,17). The van der Waals surface area contributed by atoms with Gasteiger partial charge in [0.25, 0.3) is 0 Å². The van der Waals surface area contributed by atoms with E-state index in [1.165, 1.54) is 0 Å². The molecular weight excluding hydrogens is 251 g/mol. The van der Waals surface area contributed by atoms with E-state index in [0.717, 1.165) is 12.1 Å². The van der Waals surface area contributed by atoms with Crippen LogP contribution in [0.25, 0.3) is 0 Å². The zero-order chi connectivity index (χ0) is 14.6. The molecule has 0 heterocycles. The quantitative estimate of drug-likeness (QED) is 0.861. The van der Waals surface area contributed by atoms with E-state index in [-0.39, 0.29) is 29.1 Å². The maximum Gasteiger partial charge on any atom is 0.339 e. The molecular formula is C14H19FO4. The molecule has 1 aromatic rings. The minimum absolute atomic E-state index is 0.0737. The van der Waals surface area contributed by atoms with Crippen LogP contribution in [0.15, 0.2) is 12.1 Å². The molecule has 0 aliphatic carbocycles. The maximum atomic E-state index is 13.4. The number of rotatable bonds is 6. The number of hydrogen-bond donors (Lipinski definition) is 1. The third kappa shape index (κ3) is 4.43. The van der Waals surface area contributed by atoms with Gasteiger partial charge in [0.1, 0.15) is 11.4 Å². The lowest BCUT2D eigenvalue weighted by Gasteiger charge is -2.18. The molecule has 0 saturated carbocycles. The first-order valence-electron chi connectivity index (χ1n) is 6.17. The molecule has 106 valence electrons. The Hall–Kier alpha value is -1.78. The van der Waals surface area contributed by atoms with Gasteiger partial charge >= 0.3 is 5.97 Å². The SMILES string of the molecule is CC(C)COc1cc(F)cc(C(=O)O)c1OC(C)C. The number of carboxylic acids is 1. The molecule has 4 nitrogen and oxygen atoms in total. The van der Waals surface area contributed by atoms with E-state index in [1.807, 2.05) is 13.8 Å². The van der Waals surface area contributed by atoms with E-state index in [0.29, 0.717) is 6.61 Å². The van der Waals surface area contributed by atoms with Crippen LogP contribution >= 0.6 is 0 Å². The van der Waals surface area contributed by atoms with Crippen molar-refractivity contribution in [3.8, 4) is 11.5 Å². The van der Waals surface area contributed by atoms with Crippen molar-refractivity contribution in [2.45, 2.75) is 33.8 Å². The van der Waals surface area contributed by atoms with Crippen LogP contribution in [-0.4, -0.2) is 23.8 Å². The van der Waals surface area contributed by atoms with Gasteiger partial charge < -0.3 is 14.6 Å². The Bertz CT molecular complexity index is 455. The van der Waals surface area contributed by atoms with E-state index in [2.05, 4.69) is 0 Å². The zero-order valence-electron chi connectivity index (χ0n) is 11.6. The molecule has 0 fully saturated rings. The van der Waals surface area contributed by atoms with Crippen molar-refractivity contribution in [3.63, 3.8) is 0 Å². The van der Waals surface area contributed by atoms with Gasteiger partial charge in [0.15, 0.2) is 11.5 Å². The van der Waals surface area contributed by atoms with Crippen LogP contribution in [0.3, 0.4) is 0 Å². The Morgan fingerprint density at radius 2 is 1.95 bits per heavy atom. The third-order valence-electron chi connectivity index (χ3n) is 2.18. The number of carboxylic acid groups (broad SMARTS) is 1. The summed E-state index contributed by atoms with van der Waals surface area (Å²) in [4.78, 5) is 11.1. The van der Waals surface area contributed by atoms with Crippen LogP contribution in [0, 0.1) is 11.7 Å². The van der Waals surface area contributed by atoms with Crippen molar-refractivity contribution >= 4 is 5.97 Å². The highest BCUT2D eigenvalue weighted by Gasteiger charge is 2.20. The van der Waals surface area contributed by atoms with E-state index < -0.39 is 11.8 Å². The van der Waals surface area contributed by atoms with Gasteiger partial charge in [-0.25, -0.2) is 9.18 Å². The summed E-state index contributed by atoms with van der Waals surface area (Å²) in [6, 6.07) is 2.08. The maximum absolute atomic E-state index is 13.4. The Balaban J connectivity index is 3.20. The van der Waals surface area contributed by atoms with Gasteiger partial charge in [-0.2, -0.15) is 0 Å². The molecule has 0 spiro atoms. The fourth-order valence-corrected chi connectivity index (χ4v) is 1.45. The average Bonchev–Trinajstić information content (AvgIpc) is 2.27. The summed E-state index contributed by atoms with van der Waals surface area (Å²) in [5.41, 5.74) is -0.229. The van der Waals surface area contributed by atoms with Crippen molar-refractivity contribution in [2.75, 3.05) is 6.61 Å². The van der Waals surface area contributed by atoms with Crippen LogP contribution in [0.2, 0.25) is 0 Å². The first-order valence-corrected chi connectivity index (χ1v) is 6.17. The highest BCUT2D eigenvalue weighted by atomic mass is 19.1. The summed E-state index contributed by atoms with van der Waals surface area (Å²) in [6.07, 6.45) is -0.232. The fourth-order valence-electron chi connectivity index (χ4n) is 1.45. The summed E-state index contributed by atoms with van der Waals surface area (Å²) >= 11 is 0. The zero-order valence-corrected chi connectivity index (χ0v) is 11.6. The Morgan fingerprint density at radius 1 is 1.32 bits per heavy atom. The molecule has 0 saturated heterocycles. The first-order chi connectivity index (χ1) is 8.81. The van der Waals surface area contributed by atoms with E-state index in [1.54, 1.807) is 13.8 Å². The molecule has 0 atom stereocenters. The summed E-state index contributed by atoms with van der Waals surface area (Å²) in [7, 11) is 0. The lowest BCUT2D eigenvalue weighted by atomic mass is 10.1. The van der Waals surface area contributed by atoms with Crippen LogP contribution in [0.4, 0.5) is 4.39 Å². The smallest absolute Gasteiger partial charge is 0.339 e. The lowest BCUT2D eigenvalue weighted by molar-refractivity contribution is 0.0688. The average molecular weight is 270 g/mol. The predicted molar refractivity (Wildman–Crippen MR) is 69.5 cm³/mol. The monoisotopic (exact) mass is 270 g/mol. The highest BCUT2D eigenvalue weighted by Crippen LogP contribution is 2.34. The van der Waals surface area contributed by atoms with Crippen molar-refractivity contribution in [2.24, 2.45) is 5.92 Å². The van der Waals surface area contributed by atoms with Crippen molar-refractivity contribution in [3.05, 3.63) is 23.5 Å². The molecule has 1 aromatic carbocycles. The lowest BCUT2D eigenvalue weighted by Crippen LogP contribution is -2.13. The van der Waals surface area contributed by atoms with Crippen LogP contribution < -0.4 is 9.47 Å². The molecule has 1 N–H and O–H groups in total. The minimum Gasteiger partial charge on any atom is -0.489 e. The van der Waals surface area contributed by atoms with Crippen LogP contribution in [0.1, 0.15) is 38.1 Å². The molecule has 0 aliphatic heterocycles. The molecule has 0 radical (unpaired) electrons. The normalized spacial score (nSPS) is 10.9. The van der Waals surface area contributed by atoms with Crippen molar-refractivity contribution in [1.29, 1.82) is 0 Å². The Kier molecular flexibility index (Phi) is 5.15. The summed E-state index contributed by atoms with van der Waals surface area (Å²) < 4.78 is 24.3. The summed E-state index contributed by atoms with van der Waals surface area (Å²) in [6.45, 7) is 7.78. The molecule has 0 amide bonds. The number of aromatic carboxylic acids is 1. The predicted octanol–water partition coefficient (Wildman–Crippen LogP) is 3.35. The second-order valence-corrected chi connectivity index (χ2v) is 4.96. The Morgan fingerprint density at radius 3 is 2.42 bits per heavy atom.